The van der Waals surface area contributed by atoms with Crippen LogP contribution < -0.4 is 0 Å². The second-order valence-electron chi connectivity index (χ2n) is 2.20. The molecule has 9 heavy (non-hydrogen) atoms. The topological polar surface area (TPSA) is 3.24 Å². The molecule has 0 atom stereocenters. The summed E-state index contributed by atoms with van der Waals surface area (Å²) in [5.74, 6) is 0. The number of piperidine rings is 1. The third-order valence-electron chi connectivity index (χ3n) is 1.53. The van der Waals surface area contributed by atoms with E-state index in [0.29, 0.717) is 0 Å². The fraction of sp³-hybridized carbons (Fsp3) is 0.667. The average molecular weight is 463 g/mol. The molecule has 0 spiro atoms. The van der Waals surface area contributed by atoms with Crippen molar-refractivity contribution >= 4 is 8.04 Å². The van der Waals surface area contributed by atoms with Crippen molar-refractivity contribution in [3.8, 4) is 0 Å². The van der Waals surface area contributed by atoms with E-state index in [4.69, 9.17) is 0 Å². The van der Waals surface area contributed by atoms with Crippen LogP contribution in [0.2, 0.25) is 0 Å². The number of likely N-dealkylation sites (tertiary alicyclic amines) is 1. The number of hydrogen-bond donors (Lipinski definition) is 0. The van der Waals surface area contributed by atoms with Gasteiger partial charge in [-0.05, 0) is 0 Å². The first-order chi connectivity index (χ1) is 4.22. The minimum absolute atomic E-state index is 1.34. The molecule has 1 rings (SSSR count). The van der Waals surface area contributed by atoms with Crippen molar-refractivity contribution in [1.82, 2.24) is 4.90 Å². The van der Waals surface area contributed by atoms with E-state index in [0.717, 1.165) is 0 Å². The van der Waals surface area contributed by atoms with E-state index in [1.807, 2.05) is 0 Å². The van der Waals surface area contributed by atoms with E-state index in [1.54, 1.807) is 46.8 Å². The van der Waals surface area contributed by atoms with Gasteiger partial charge in [0.05, 0.1) is 0 Å². The number of hydrogen-bond acceptors (Lipinski definition) is 1. The Morgan fingerprint density at radius 2 is 1.67 bits per heavy atom. The summed E-state index contributed by atoms with van der Waals surface area (Å²) in [5, 5.41) is 0. The summed E-state index contributed by atoms with van der Waals surface area (Å²) in [6, 6.07) is 0. The zero-order chi connectivity index (χ0) is 6.85. The van der Waals surface area contributed by atoms with Crippen LogP contribution in [0.25, 0.3) is 0 Å². The summed E-state index contributed by atoms with van der Waals surface area (Å²) >= 11 is 3.29. The summed E-state index contributed by atoms with van der Waals surface area (Å²) in [6.07, 6.45) is 4.06. The zero-order valence-corrected chi connectivity index (χ0v) is 11.3. The van der Waals surface area contributed by atoms with Gasteiger partial charge >= 0.3 is 78.0 Å². The van der Waals surface area contributed by atoms with Crippen LogP contribution in [0, 0.1) is 0 Å². The van der Waals surface area contributed by atoms with Crippen molar-refractivity contribution in [1.29, 1.82) is 0 Å². The van der Waals surface area contributed by atoms with Gasteiger partial charge in [0, 0.05) is 0 Å². The first kappa shape index (κ1) is 8.18. The molecule has 1 fully saturated rings. The second-order valence-corrected chi connectivity index (χ2v) is 5.59. The zero-order valence-electron chi connectivity index (χ0n) is 5.39. The standard InChI is InChI=1S/C6H9N.2W/c1-7-5-3-2-4-6-7;;/h2-4H2,1H3;;. The Kier molecular flexibility index (Phi) is 3.15. The van der Waals surface area contributed by atoms with E-state index in [-0.39, 0.29) is 0 Å². The van der Waals surface area contributed by atoms with Gasteiger partial charge in [-0.3, -0.25) is 0 Å². The van der Waals surface area contributed by atoms with E-state index >= 15 is 0 Å². The van der Waals surface area contributed by atoms with Crippen LogP contribution in [0.1, 0.15) is 19.3 Å². The van der Waals surface area contributed by atoms with Crippen LogP contribution in [-0.2, 0) is 38.7 Å². The Morgan fingerprint density at radius 3 is 2.00 bits per heavy atom. The summed E-state index contributed by atoms with van der Waals surface area (Å²) in [4.78, 5) is 2.38. The van der Waals surface area contributed by atoms with E-state index in [2.05, 4.69) is 11.9 Å². The Bertz CT molecular complexity index is 137. The molecule has 3 heteroatoms. The van der Waals surface area contributed by atoms with Gasteiger partial charge in [0.25, 0.3) is 0 Å². The Labute approximate surface area is 77.6 Å². The van der Waals surface area contributed by atoms with Crippen LogP contribution in [0.5, 0.6) is 0 Å². The predicted molar refractivity (Wildman–Crippen MR) is 31.6 cm³/mol. The van der Waals surface area contributed by atoms with Crippen molar-refractivity contribution in [3.63, 3.8) is 0 Å². The average Bonchev–Trinajstić information content (AvgIpc) is 1.83. The molecule has 0 aromatic rings. The fourth-order valence-corrected chi connectivity index (χ4v) is 3.60. The Balaban J connectivity index is 2.62. The molecule has 1 nitrogen and oxygen atoms in total. The van der Waals surface area contributed by atoms with Gasteiger partial charge in [0.2, 0.25) is 0 Å². The van der Waals surface area contributed by atoms with Crippen LogP contribution >= 0.6 is 0 Å². The van der Waals surface area contributed by atoms with Gasteiger partial charge < -0.3 is 0 Å². The molecule has 1 heterocycles. The van der Waals surface area contributed by atoms with Crippen LogP contribution in [0.4, 0.5) is 0 Å². The van der Waals surface area contributed by atoms with Crippen LogP contribution in [0.3, 0.4) is 0 Å². The third kappa shape index (κ3) is 2.00. The molecule has 0 saturated carbocycles. The molecule has 0 unspecified atom stereocenters. The van der Waals surface area contributed by atoms with Gasteiger partial charge in [0.15, 0.2) is 0 Å². The minimum atomic E-state index is 1.34. The van der Waals surface area contributed by atoms with Crippen molar-refractivity contribution in [3.05, 3.63) is 0 Å². The molecular formula is C6H9NW2. The van der Waals surface area contributed by atoms with Gasteiger partial charge in [-0.1, -0.05) is 0 Å². The Morgan fingerprint density at radius 1 is 1.22 bits per heavy atom. The van der Waals surface area contributed by atoms with Gasteiger partial charge in [-0.15, -0.1) is 0 Å². The molecule has 1 aliphatic heterocycles. The van der Waals surface area contributed by atoms with Crippen molar-refractivity contribution in [2.75, 3.05) is 7.05 Å². The van der Waals surface area contributed by atoms with Crippen LogP contribution in [-0.4, -0.2) is 20.0 Å². The molecule has 1 aliphatic rings. The molecule has 0 amide bonds. The second kappa shape index (κ2) is 3.46. The first-order valence-electron chi connectivity index (χ1n) is 3.01. The maximum atomic E-state index is 2.38. The fourth-order valence-electron chi connectivity index (χ4n) is 0.865. The molecule has 0 aromatic heterocycles. The SMILES string of the molecule is CN1[C](=[W])CCC[C]1=[W]. The molecule has 0 bridgehead atoms. The van der Waals surface area contributed by atoms with E-state index in [1.165, 1.54) is 19.3 Å². The molecule has 50 valence electrons. The molecule has 0 N–H and O–H groups in total. The molecule has 1 saturated heterocycles. The maximum absolute atomic E-state index is 2.38. The van der Waals surface area contributed by atoms with Crippen molar-refractivity contribution < 1.29 is 38.7 Å². The molecule has 0 aliphatic carbocycles. The summed E-state index contributed by atoms with van der Waals surface area (Å²) in [7, 11) is 2.20. The monoisotopic (exact) mass is 463 g/mol. The van der Waals surface area contributed by atoms with E-state index in [9.17, 15) is 0 Å². The van der Waals surface area contributed by atoms with E-state index < -0.39 is 0 Å². The molecule has 0 radical (unpaired) electrons. The molecule has 0 aromatic carbocycles. The number of rotatable bonds is 0. The normalized spacial score (nSPS) is 22.8. The quantitative estimate of drug-likeness (QED) is 0.505. The summed E-state index contributed by atoms with van der Waals surface area (Å²) in [6.45, 7) is 0. The van der Waals surface area contributed by atoms with Gasteiger partial charge in [-0.25, -0.2) is 0 Å². The number of nitrogens with zero attached hydrogens (tertiary/aromatic N) is 1. The first-order valence-corrected chi connectivity index (χ1v) is 5.94. The third-order valence-corrected chi connectivity index (χ3v) is 4.96. The van der Waals surface area contributed by atoms with Crippen molar-refractivity contribution in [2.45, 2.75) is 19.3 Å². The van der Waals surface area contributed by atoms with Crippen LogP contribution in [0.15, 0.2) is 0 Å². The summed E-state index contributed by atoms with van der Waals surface area (Å²) < 4.78 is 3.23. The van der Waals surface area contributed by atoms with Crippen molar-refractivity contribution in [2.24, 2.45) is 0 Å². The Hall–Kier alpha value is 1.08. The van der Waals surface area contributed by atoms with Gasteiger partial charge in [-0.2, -0.15) is 0 Å². The summed E-state index contributed by atoms with van der Waals surface area (Å²) in [5.41, 5.74) is 0. The van der Waals surface area contributed by atoms with Gasteiger partial charge in [0.1, 0.15) is 0 Å². The predicted octanol–water partition coefficient (Wildman–Crippen LogP) is 0.456. The molecular weight excluding hydrogens is 454 g/mol.